The van der Waals surface area contributed by atoms with Gasteiger partial charge >= 0.3 is 0 Å². The molecule has 7 heteroatoms. The van der Waals surface area contributed by atoms with Gasteiger partial charge in [0.1, 0.15) is 5.82 Å². The van der Waals surface area contributed by atoms with Crippen LogP contribution >= 0.6 is 0 Å². The van der Waals surface area contributed by atoms with E-state index in [9.17, 15) is 9.18 Å². The van der Waals surface area contributed by atoms with Crippen LogP contribution in [0.2, 0.25) is 0 Å². The Bertz CT molecular complexity index is 1180. The fourth-order valence-electron chi connectivity index (χ4n) is 4.83. The monoisotopic (exact) mass is 431 g/mol. The first-order valence-electron chi connectivity index (χ1n) is 11.0. The number of hydrogen-bond acceptors (Lipinski definition) is 5. The third-order valence-electron chi connectivity index (χ3n) is 6.44. The summed E-state index contributed by atoms with van der Waals surface area (Å²) in [6.07, 6.45) is 0.922. The second-order valence-corrected chi connectivity index (χ2v) is 8.82. The van der Waals surface area contributed by atoms with Gasteiger partial charge in [0, 0.05) is 48.2 Å². The molecule has 0 N–H and O–H groups in total. The molecule has 0 spiro atoms. The molecule has 3 aromatic rings. The van der Waals surface area contributed by atoms with Crippen molar-refractivity contribution in [2.45, 2.75) is 33.2 Å². The van der Waals surface area contributed by atoms with Crippen molar-refractivity contribution in [2.75, 3.05) is 24.5 Å². The van der Waals surface area contributed by atoms with Crippen molar-refractivity contribution in [1.82, 2.24) is 19.9 Å². The summed E-state index contributed by atoms with van der Waals surface area (Å²) in [6.45, 7) is 8.00. The number of carbonyl (C=O) groups excluding carboxylic acids is 1. The summed E-state index contributed by atoms with van der Waals surface area (Å²) < 4.78 is 14.2. The topological polar surface area (TPSA) is 62.2 Å². The number of nitrogens with zero attached hydrogens (tertiary/aromatic N) is 5. The van der Waals surface area contributed by atoms with Crippen molar-refractivity contribution in [3.05, 3.63) is 70.9 Å². The number of rotatable bonds is 3. The van der Waals surface area contributed by atoms with Crippen LogP contribution in [0, 0.1) is 32.5 Å². The van der Waals surface area contributed by atoms with E-state index in [1.165, 1.54) is 12.1 Å². The molecule has 0 radical (unpaired) electrons. The molecule has 32 heavy (non-hydrogen) atoms. The zero-order valence-electron chi connectivity index (χ0n) is 18.5. The van der Waals surface area contributed by atoms with Crippen molar-refractivity contribution in [1.29, 1.82) is 0 Å². The second kappa shape index (κ2) is 7.97. The lowest BCUT2D eigenvalue weighted by Crippen LogP contribution is -2.65. The third-order valence-corrected chi connectivity index (χ3v) is 6.44. The molecule has 1 aromatic carbocycles. The molecular formula is C25H26FN5O. The lowest BCUT2D eigenvalue weighted by Gasteiger charge is -2.53. The first kappa shape index (κ1) is 20.5. The predicted molar refractivity (Wildman–Crippen MR) is 121 cm³/mol. The summed E-state index contributed by atoms with van der Waals surface area (Å²) in [7, 11) is 0. The lowest BCUT2D eigenvalue weighted by atomic mass is 9.82. The van der Waals surface area contributed by atoms with Crippen LogP contribution < -0.4 is 4.90 Å². The molecule has 2 aromatic heterocycles. The highest BCUT2D eigenvalue weighted by molar-refractivity contribution is 6.00. The summed E-state index contributed by atoms with van der Waals surface area (Å²) in [4.78, 5) is 31.3. The summed E-state index contributed by atoms with van der Waals surface area (Å²) in [5.74, 6) is 0.672. The number of amides is 1. The van der Waals surface area contributed by atoms with E-state index in [2.05, 4.69) is 19.9 Å². The van der Waals surface area contributed by atoms with Crippen molar-refractivity contribution in [3.8, 4) is 11.3 Å². The highest BCUT2D eigenvalue weighted by Crippen LogP contribution is 2.36. The van der Waals surface area contributed by atoms with Crippen LogP contribution in [0.15, 0.2) is 42.5 Å². The minimum absolute atomic E-state index is 0.158. The molecule has 5 rings (SSSR count). The van der Waals surface area contributed by atoms with Crippen molar-refractivity contribution in [3.63, 3.8) is 0 Å². The summed E-state index contributed by atoms with van der Waals surface area (Å²) in [5.41, 5.74) is 4.42. The van der Waals surface area contributed by atoms with Gasteiger partial charge in [-0.2, -0.15) is 0 Å². The second-order valence-electron chi connectivity index (χ2n) is 8.82. The van der Waals surface area contributed by atoms with Crippen LogP contribution in [-0.4, -0.2) is 51.4 Å². The molecule has 0 saturated carbocycles. The number of benzene rings is 1. The number of hydrogen-bond donors (Lipinski definition) is 0. The van der Waals surface area contributed by atoms with Crippen LogP contribution in [-0.2, 0) is 0 Å². The minimum atomic E-state index is -0.423. The number of aryl methyl sites for hydroxylation is 3. The highest BCUT2D eigenvalue weighted by atomic mass is 19.1. The van der Waals surface area contributed by atoms with Gasteiger partial charge in [0.2, 0.25) is 5.95 Å². The molecular weight excluding hydrogens is 405 g/mol. The summed E-state index contributed by atoms with van der Waals surface area (Å²) in [5, 5.41) is 0. The van der Waals surface area contributed by atoms with Crippen LogP contribution in [0.5, 0.6) is 0 Å². The number of piperidine rings is 1. The van der Waals surface area contributed by atoms with E-state index in [1.54, 1.807) is 6.07 Å². The van der Waals surface area contributed by atoms with Gasteiger partial charge in [0.15, 0.2) is 0 Å². The van der Waals surface area contributed by atoms with Gasteiger partial charge in [-0.25, -0.2) is 14.4 Å². The zero-order chi connectivity index (χ0) is 22.4. The van der Waals surface area contributed by atoms with Crippen LogP contribution in [0.25, 0.3) is 11.3 Å². The maximum Gasteiger partial charge on any atom is 0.254 e. The largest absolute Gasteiger partial charge is 0.337 e. The molecule has 2 atom stereocenters. The zero-order valence-corrected chi connectivity index (χ0v) is 18.5. The predicted octanol–water partition coefficient (Wildman–Crippen LogP) is 3.95. The Labute approximate surface area is 187 Å². The first-order valence-corrected chi connectivity index (χ1v) is 11.0. The molecule has 2 fully saturated rings. The molecule has 4 heterocycles. The van der Waals surface area contributed by atoms with E-state index in [4.69, 9.17) is 0 Å². The molecule has 2 aliphatic heterocycles. The Morgan fingerprint density at radius 1 is 0.969 bits per heavy atom. The maximum absolute atomic E-state index is 14.2. The summed E-state index contributed by atoms with van der Waals surface area (Å²) in [6, 6.07) is 12.2. The van der Waals surface area contributed by atoms with E-state index >= 15 is 0 Å². The van der Waals surface area contributed by atoms with Gasteiger partial charge in [-0.3, -0.25) is 9.78 Å². The quantitative estimate of drug-likeness (QED) is 0.628. The van der Waals surface area contributed by atoms with Gasteiger partial charge in [-0.15, -0.1) is 0 Å². The number of carbonyl (C=O) groups is 1. The number of anilines is 1. The molecule has 6 nitrogen and oxygen atoms in total. The summed E-state index contributed by atoms with van der Waals surface area (Å²) >= 11 is 0. The number of fused-ring (bicyclic) bond motifs is 1. The van der Waals surface area contributed by atoms with Crippen molar-refractivity contribution < 1.29 is 9.18 Å². The average Bonchev–Trinajstić information content (AvgIpc) is 2.73. The van der Waals surface area contributed by atoms with E-state index in [-0.39, 0.29) is 11.9 Å². The van der Waals surface area contributed by atoms with Gasteiger partial charge in [-0.1, -0.05) is 6.07 Å². The first-order chi connectivity index (χ1) is 15.4. The fraction of sp³-hybridized carbons (Fsp3) is 0.360. The lowest BCUT2D eigenvalue weighted by molar-refractivity contribution is 0.0589. The number of halogens is 1. The van der Waals surface area contributed by atoms with Crippen molar-refractivity contribution >= 4 is 11.9 Å². The van der Waals surface area contributed by atoms with Gasteiger partial charge in [0.05, 0.1) is 17.3 Å². The Morgan fingerprint density at radius 2 is 1.75 bits per heavy atom. The van der Waals surface area contributed by atoms with Crippen molar-refractivity contribution in [2.24, 2.45) is 5.92 Å². The molecule has 2 unspecified atom stereocenters. The Hall–Kier alpha value is -3.35. The molecule has 0 aliphatic carbocycles. The van der Waals surface area contributed by atoms with E-state index in [0.717, 1.165) is 36.0 Å². The van der Waals surface area contributed by atoms with Crippen LogP contribution in [0.1, 0.15) is 33.9 Å². The number of likely N-dealkylation sites (tertiary alicyclic amines) is 1. The Morgan fingerprint density at radius 3 is 2.50 bits per heavy atom. The van der Waals surface area contributed by atoms with Crippen LogP contribution in [0.3, 0.4) is 0 Å². The van der Waals surface area contributed by atoms with Gasteiger partial charge < -0.3 is 9.80 Å². The normalized spacial score (nSPS) is 20.0. The minimum Gasteiger partial charge on any atom is -0.337 e. The van der Waals surface area contributed by atoms with E-state index < -0.39 is 5.82 Å². The standard InChI is InChI=1S/C25H26FN5O/c1-15-5-4-6-22(27-15)20-8-7-19(26)12-21(20)24(32)30-10-9-18-13-31(23(18)14-30)25-28-16(2)11-17(3)29-25/h4-8,11-12,18,23H,9-10,13-14H2,1-3H3. The van der Waals surface area contributed by atoms with E-state index in [1.807, 2.05) is 49.9 Å². The molecule has 2 aliphatic rings. The average molecular weight is 432 g/mol. The Kier molecular flexibility index (Phi) is 5.12. The fourth-order valence-corrected chi connectivity index (χ4v) is 4.83. The number of pyridine rings is 1. The molecule has 0 bridgehead atoms. The van der Waals surface area contributed by atoms with Gasteiger partial charge in [-0.05, 0) is 63.6 Å². The van der Waals surface area contributed by atoms with Crippen LogP contribution in [0.4, 0.5) is 10.3 Å². The molecule has 164 valence electrons. The highest BCUT2D eigenvalue weighted by Gasteiger charge is 2.45. The third kappa shape index (κ3) is 3.72. The smallest absolute Gasteiger partial charge is 0.254 e. The van der Waals surface area contributed by atoms with Gasteiger partial charge in [0.25, 0.3) is 5.91 Å². The Balaban J connectivity index is 1.42. The number of aromatic nitrogens is 3. The van der Waals surface area contributed by atoms with E-state index in [0.29, 0.717) is 35.8 Å². The molecule has 2 saturated heterocycles. The SMILES string of the molecule is Cc1cccc(-c2ccc(F)cc2C(=O)N2CCC3CN(c4nc(C)cc(C)n4)C3C2)n1. The maximum atomic E-state index is 14.2. The molecule has 1 amide bonds.